The van der Waals surface area contributed by atoms with E-state index in [-0.39, 0.29) is 15.6 Å². The average molecular weight is 473 g/mol. The lowest BCUT2D eigenvalue weighted by atomic mass is 9.92. The molecule has 0 bridgehead atoms. The molecule has 4 nitrogen and oxygen atoms in total. The van der Waals surface area contributed by atoms with Gasteiger partial charge in [-0.05, 0) is 35.9 Å². The molecular formula is C18H12Cl2F6N2O2. The van der Waals surface area contributed by atoms with Gasteiger partial charge in [-0.1, -0.05) is 29.3 Å². The molecule has 0 radical (unpaired) electrons. The molecule has 0 saturated carbocycles. The van der Waals surface area contributed by atoms with Gasteiger partial charge in [0.1, 0.15) is 0 Å². The average Bonchev–Trinajstić information content (AvgIpc) is 2.98. The molecule has 1 fully saturated rings. The van der Waals surface area contributed by atoms with Crippen molar-refractivity contribution in [2.75, 3.05) is 11.4 Å². The van der Waals surface area contributed by atoms with Crippen LogP contribution in [-0.2, 0) is 23.1 Å². The Bertz CT molecular complexity index is 975. The second kappa shape index (κ2) is 7.51. The van der Waals surface area contributed by atoms with Crippen LogP contribution in [0.25, 0.3) is 0 Å². The van der Waals surface area contributed by atoms with E-state index in [1.165, 1.54) is 6.07 Å². The van der Waals surface area contributed by atoms with Crippen LogP contribution in [-0.4, -0.2) is 18.8 Å². The minimum atomic E-state index is -5.12. The quantitative estimate of drug-likeness (QED) is 0.567. The lowest BCUT2D eigenvalue weighted by Crippen LogP contribution is -2.46. The van der Waals surface area contributed by atoms with E-state index in [9.17, 15) is 31.1 Å². The van der Waals surface area contributed by atoms with Gasteiger partial charge < -0.3 is 10.5 Å². The van der Waals surface area contributed by atoms with Crippen LogP contribution in [0.2, 0.25) is 10.0 Å². The summed E-state index contributed by atoms with van der Waals surface area (Å²) in [5.41, 5.74) is -0.295. The van der Waals surface area contributed by atoms with Gasteiger partial charge in [-0.2, -0.15) is 26.3 Å². The summed E-state index contributed by atoms with van der Waals surface area (Å²) in [7, 11) is 0. The highest BCUT2D eigenvalue weighted by molar-refractivity contribution is 6.34. The second-order valence-electron chi connectivity index (χ2n) is 6.48. The smallest absolute Gasteiger partial charge is 0.426 e. The molecule has 12 heteroatoms. The topological polar surface area (TPSA) is 55.6 Å². The van der Waals surface area contributed by atoms with Crippen LogP contribution in [0.3, 0.4) is 0 Å². The fourth-order valence-electron chi connectivity index (χ4n) is 3.14. The number of hydrogen-bond acceptors (Lipinski definition) is 3. The van der Waals surface area contributed by atoms with Crippen molar-refractivity contribution in [2.24, 2.45) is 5.73 Å². The van der Waals surface area contributed by atoms with E-state index in [0.29, 0.717) is 11.0 Å². The summed E-state index contributed by atoms with van der Waals surface area (Å²) in [5, 5.41) is -0.274. The molecule has 0 spiro atoms. The van der Waals surface area contributed by atoms with E-state index < -0.39 is 54.0 Å². The molecule has 162 valence electrons. The van der Waals surface area contributed by atoms with Crippen molar-refractivity contribution in [2.45, 2.75) is 24.5 Å². The Balaban J connectivity index is 2.11. The van der Waals surface area contributed by atoms with Crippen LogP contribution in [0.5, 0.6) is 0 Å². The molecular weight excluding hydrogens is 461 g/mol. The number of halogens is 8. The zero-order valence-corrected chi connectivity index (χ0v) is 16.3. The number of rotatable bonds is 3. The van der Waals surface area contributed by atoms with Gasteiger partial charge in [-0.3, -0.25) is 4.90 Å². The Morgan fingerprint density at radius 1 is 1.03 bits per heavy atom. The number of ether oxygens (including phenoxy) is 1. The molecule has 2 aromatic rings. The van der Waals surface area contributed by atoms with Crippen LogP contribution in [0.4, 0.5) is 36.8 Å². The number of carbonyl (C=O) groups is 1. The second-order valence-corrected chi connectivity index (χ2v) is 7.35. The summed E-state index contributed by atoms with van der Waals surface area (Å²) < 4.78 is 86.7. The van der Waals surface area contributed by atoms with E-state index in [1.54, 1.807) is 0 Å². The number of alkyl halides is 6. The summed E-state index contributed by atoms with van der Waals surface area (Å²) in [6.45, 7) is -1.58. The molecule has 30 heavy (non-hydrogen) atoms. The Kier molecular flexibility index (Phi) is 5.63. The van der Waals surface area contributed by atoms with E-state index >= 15 is 0 Å². The minimum Gasteiger partial charge on any atom is -0.426 e. The van der Waals surface area contributed by atoms with Crippen molar-refractivity contribution in [1.29, 1.82) is 0 Å². The molecule has 1 atom stereocenters. The van der Waals surface area contributed by atoms with Gasteiger partial charge in [-0.25, -0.2) is 4.79 Å². The third-order valence-electron chi connectivity index (χ3n) is 4.58. The normalized spacial score (nSPS) is 19.9. The molecule has 1 heterocycles. The first-order chi connectivity index (χ1) is 13.8. The zero-order chi connectivity index (χ0) is 22.5. The van der Waals surface area contributed by atoms with E-state index in [1.807, 2.05) is 0 Å². The number of anilines is 1. The molecule has 2 aromatic carbocycles. The summed E-state index contributed by atoms with van der Waals surface area (Å²) in [6.07, 6.45) is -11.4. The maximum Gasteiger partial charge on any atom is 0.434 e. The van der Waals surface area contributed by atoms with Crippen molar-refractivity contribution >= 4 is 35.0 Å². The highest BCUT2D eigenvalue weighted by atomic mass is 35.5. The number of nitrogens with two attached hydrogens (primary N) is 1. The predicted octanol–water partition coefficient (Wildman–Crippen LogP) is 5.89. The Morgan fingerprint density at radius 3 is 2.13 bits per heavy atom. The molecule has 2 N–H and O–H groups in total. The molecule has 1 saturated heterocycles. The van der Waals surface area contributed by atoms with Crippen molar-refractivity contribution in [3.8, 4) is 0 Å². The van der Waals surface area contributed by atoms with Crippen molar-refractivity contribution in [1.82, 2.24) is 0 Å². The van der Waals surface area contributed by atoms with E-state index in [0.717, 1.165) is 24.3 Å². The zero-order valence-electron chi connectivity index (χ0n) is 14.7. The van der Waals surface area contributed by atoms with Crippen molar-refractivity contribution in [3.63, 3.8) is 0 Å². The summed E-state index contributed by atoms with van der Waals surface area (Å²) >= 11 is 11.6. The molecule has 1 aliphatic rings. The first-order valence-electron chi connectivity index (χ1n) is 8.22. The molecule has 3 rings (SSSR count). The van der Waals surface area contributed by atoms with E-state index in [2.05, 4.69) is 0 Å². The predicted molar refractivity (Wildman–Crippen MR) is 97.4 cm³/mol. The van der Waals surface area contributed by atoms with Crippen LogP contribution in [0.15, 0.2) is 36.4 Å². The SMILES string of the molecule is NCc1ccc(N2CC(c3cc(Cl)cc(Cl)c3)(C(F)(F)F)OC2=O)cc1C(F)(F)F. The standard InChI is InChI=1S/C18H12Cl2F6N2O2/c19-11-3-10(4-12(20)5-11)16(18(24,25)26)8-28(15(29)30-16)13-2-1-9(7-27)14(6-13)17(21,22)23/h1-6H,7-8,27H2. The number of nitrogens with zero attached hydrogens (tertiary/aromatic N) is 1. The van der Waals surface area contributed by atoms with Gasteiger partial charge in [0.25, 0.3) is 5.60 Å². The summed E-state index contributed by atoms with van der Waals surface area (Å²) in [6, 6.07) is 5.66. The van der Waals surface area contributed by atoms with Crippen LogP contribution >= 0.6 is 23.2 Å². The summed E-state index contributed by atoms with van der Waals surface area (Å²) in [4.78, 5) is 12.8. The maximum absolute atomic E-state index is 14.0. The minimum absolute atomic E-state index is 0.137. The molecule has 1 aliphatic heterocycles. The van der Waals surface area contributed by atoms with Gasteiger partial charge in [0.2, 0.25) is 0 Å². The molecule has 0 aliphatic carbocycles. The molecule has 1 unspecified atom stereocenters. The molecule has 1 amide bonds. The monoisotopic (exact) mass is 472 g/mol. The first-order valence-corrected chi connectivity index (χ1v) is 8.98. The largest absolute Gasteiger partial charge is 0.434 e. The fourth-order valence-corrected chi connectivity index (χ4v) is 3.67. The summed E-state index contributed by atoms with van der Waals surface area (Å²) in [5.74, 6) is 0. The van der Waals surface area contributed by atoms with Crippen LogP contribution in [0.1, 0.15) is 16.7 Å². The van der Waals surface area contributed by atoms with Crippen LogP contribution < -0.4 is 10.6 Å². The fraction of sp³-hybridized carbons (Fsp3) is 0.278. The van der Waals surface area contributed by atoms with Gasteiger partial charge in [0.05, 0.1) is 12.1 Å². The highest BCUT2D eigenvalue weighted by Gasteiger charge is 2.65. The Hall–Kier alpha value is -2.17. The van der Waals surface area contributed by atoms with Gasteiger partial charge >= 0.3 is 18.4 Å². The third kappa shape index (κ3) is 3.91. The number of cyclic esters (lactones) is 1. The Morgan fingerprint density at radius 2 is 1.63 bits per heavy atom. The van der Waals surface area contributed by atoms with Gasteiger partial charge in [0, 0.05) is 27.8 Å². The third-order valence-corrected chi connectivity index (χ3v) is 5.02. The number of amides is 1. The van der Waals surface area contributed by atoms with Crippen molar-refractivity contribution < 1.29 is 35.9 Å². The number of hydrogen-bond donors (Lipinski definition) is 1. The highest BCUT2D eigenvalue weighted by Crippen LogP contribution is 2.49. The Labute approximate surface area is 176 Å². The van der Waals surface area contributed by atoms with Crippen molar-refractivity contribution in [3.05, 3.63) is 63.1 Å². The maximum atomic E-state index is 14.0. The van der Waals surface area contributed by atoms with E-state index in [4.69, 9.17) is 33.7 Å². The number of carbonyl (C=O) groups excluding carboxylic acids is 1. The van der Waals surface area contributed by atoms with Crippen LogP contribution in [0, 0.1) is 0 Å². The number of benzene rings is 2. The first kappa shape index (κ1) is 22.5. The lowest BCUT2D eigenvalue weighted by Gasteiger charge is -2.30. The van der Waals surface area contributed by atoms with Gasteiger partial charge in [0.15, 0.2) is 0 Å². The molecule has 0 aromatic heterocycles. The lowest BCUT2D eigenvalue weighted by molar-refractivity contribution is -0.250. The van der Waals surface area contributed by atoms with Gasteiger partial charge in [-0.15, -0.1) is 0 Å².